The number of para-hydroxylation sites is 1. The Morgan fingerprint density at radius 3 is 2.60 bits per heavy atom. The topological polar surface area (TPSA) is 58.8 Å². The van der Waals surface area contributed by atoms with E-state index >= 15 is 0 Å². The number of carbonyl (C=O) groups is 1. The van der Waals surface area contributed by atoms with Gasteiger partial charge in [0, 0.05) is 39.3 Å². The number of halogens is 1. The summed E-state index contributed by atoms with van der Waals surface area (Å²) in [7, 11) is 0. The predicted octanol–water partition coefficient (Wildman–Crippen LogP) is 0.822. The minimum absolute atomic E-state index is 0.00248. The minimum Gasteiger partial charge on any atom is -0.482 e. The molecule has 0 saturated carbocycles. The lowest BCUT2D eigenvalue weighted by Crippen LogP contribution is -2.50. The quantitative estimate of drug-likeness (QED) is 0.874. The van der Waals surface area contributed by atoms with Gasteiger partial charge in [-0.25, -0.2) is 0 Å². The normalized spacial score (nSPS) is 16.2. The molecular formula is C14H20ClN3O2. The molecule has 2 N–H and O–H groups in total. The summed E-state index contributed by atoms with van der Waals surface area (Å²) in [6, 6.07) is 7.16. The number of amides is 1. The van der Waals surface area contributed by atoms with Crippen molar-refractivity contribution in [2.75, 3.05) is 45.9 Å². The standard InChI is InChI=1S/C14H20ClN3O2/c15-12-3-1-2-4-13(12)20-11-14(19)18-9-7-17(6-5-16)8-10-18/h1-4H,5-11,16H2. The molecule has 1 saturated heterocycles. The van der Waals surface area contributed by atoms with Crippen molar-refractivity contribution in [3.05, 3.63) is 29.3 Å². The molecule has 2 rings (SSSR count). The largest absolute Gasteiger partial charge is 0.482 e. The molecule has 0 aliphatic carbocycles. The number of benzene rings is 1. The molecule has 0 atom stereocenters. The van der Waals surface area contributed by atoms with Crippen LogP contribution >= 0.6 is 11.6 Å². The monoisotopic (exact) mass is 297 g/mol. The summed E-state index contributed by atoms with van der Waals surface area (Å²) in [4.78, 5) is 16.1. The summed E-state index contributed by atoms with van der Waals surface area (Å²) in [6.07, 6.45) is 0. The molecule has 0 aromatic heterocycles. The molecule has 0 spiro atoms. The van der Waals surface area contributed by atoms with E-state index < -0.39 is 0 Å². The van der Waals surface area contributed by atoms with Crippen molar-refractivity contribution in [2.45, 2.75) is 0 Å². The van der Waals surface area contributed by atoms with Gasteiger partial charge >= 0.3 is 0 Å². The van der Waals surface area contributed by atoms with Gasteiger partial charge in [-0.1, -0.05) is 23.7 Å². The Morgan fingerprint density at radius 2 is 1.95 bits per heavy atom. The van der Waals surface area contributed by atoms with Crippen LogP contribution in [0.25, 0.3) is 0 Å². The molecular weight excluding hydrogens is 278 g/mol. The molecule has 1 amide bonds. The molecule has 1 aromatic carbocycles. The van der Waals surface area contributed by atoms with Gasteiger partial charge in [0.15, 0.2) is 6.61 Å². The van der Waals surface area contributed by atoms with E-state index in [1.165, 1.54) is 0 Å². The maximum absolute atomic E-state index is 12.1. The maximum atomic E-state index is 12.1. The van der Waals surface area contributed by atoms with Crippen molar-refractivity contribution in [1.29, 1.82) is 0 Å². The number of hydrogen-bond donors (Lipinski definition) is 1. The van der Waals surface area contributed by atoms with E-state index in [1.54, 1.807) is 12.1 Å². The lowest BCUT2D eigenvalue weighted by molar-refractivity contribution is -0.135. The Kier molecular flexibility index (Phi) is 5.64. The summed E-state index contributed by atoms with van der Waals surface area (Å²) in [5.41, 5.74) is 5.53. The third kappa shape index (κ3) is 4.10. The first-order valence-electron chi connectivity index (χ1n) is 6.78. The van der Waals surface area contributed by atoms with Gasteiger partial charge in [0.05, 0.1) is 5.02 Å². The first kappa shape index (κ1) is 15.1. The third-order valence-corrected chi connectivity index (χ3v) is 3.67. The molecule has 5 nitrogen and oxygen atoms in total. The zero-order valence-electron chi connectivity index (χ0n) is 11.4. The van der Waals surface area contributed by atoms with Crippen LogP contribution in [0.1, 0.15) is 0 Å². The molecule has 1 heterocycles. The first-order valence-corrected chi connectivity index (χ1v) is 7.16. The van der Waals surface area contributed by atoms with E-state index in [1.807, 2.05) is 17.0 Å². The van der Waals surface area contributed by atoms with E-state index in [2.05, 4.69) is 4.90 Å². The van der Waals surface area contributed by atoms with Crippen LogP contribution < -0.4 is 10.5 Å². The molecule has 1 aliphatic heterocycles. The highest BCUT2D eigenvalue weighted by atomic mass is 35.5. The molecule has 0 bridgehead atoms. The van der Waals surface area contributed by atoms with Crippen LogP contribution in [-0.2, 0) is 4.79 Å². The third-order valence-electron chi connectivity index (χ3n) is 3.36. The van der Waals surface area contributed by atoms with E-state index in [-0.39, 0.29) is 12.5 Å². The molecule has 6 heteroatoms. The fourth-order valence-corrected chi connectivity index (χ4v) is 2.39. The molecule has 20 heavy (non-hydrogen) atoms. The average molecular weight is 298 g/mol. The molecule has 110 valence electrons. The first-order chi connectivity index (χ1) is 9.70. The fourth-order valence-electron chi connectivity index (χ4n) is 2.20. The van der Waals surface area contributed by atoms with Crippen molar-refractivity contribution in [1.82, 2.24) is 9.80 Å². The smallest absolute Gasteiger partial charge is 0.260 e. The maximum Gasteiger partial charge on any atom is 0.260 e. The lowest BCUT2D eigenvalue weighted by atomic mass is 10.3. The van der Waals surface area contributed by atoms with Crippen molar-refractivity contribution in [3.8, 4) is 5.75 Å². The van der Waals surface area contributed by atoms with Crippen LogP contribution in [-0.4, -0.2) is 61.6 Å². The van der Waals surface area contributed by atoms with Crippen LogP contribution in [0, 0.1) is 0 Å². The number of nitrogens with zero attached hydrogens (tertiary/aromatic N) is 2. The Bertz CT molecular complexity index is 448. The summed E-state index contributed by atoms with van der Waals surface area (Å²) in [5.74, 6) is 0.543. The second-order valence-corrected chi connectivity index (χ2v) is 5.14. The number of rotatable bonds is 5. The summed E-state index contributed by atoms with van der Waals surface area (Å²) >= 11 is 5.98. The molecule has 1 aromatic rings. The molecule has 0 unspecified atom stereocenters. The number of ether oxygens (including phenoxy) is 1. The van der Waals surface area contributed by atoms with Crippen LogP contribution in [0.3, 0.4) is 0 Å². The van der Waals surface area contributed by atoms with Gasteiger partial charge < -0.3 is 15.4 Å². The number of piperazine rings is 1. The zero-order chi connectivity index (χ0) is 14.4. The van der Waals surface area contributed by atoms with Crippen LogP contribution in [0.5, 0.6) is 5.75 Å². The van der Waals surface area contributed by atoms with Gasteiger partial charge in [0.2, 0.25) is 0 Å². The van der Waals surface area contributed by atoms with Crippen LogP contribution in [0.4, 0.5) is 0 Å². The SMILES string of the molecule is NCCN1CCN(C(=O)COc2ccccc2Cl)CC1. The Hall–Kier alpha value is -1.30. The van der Waals surface area contributed by atoms with Crippen molar-refractivity contribution in [3.63, 3.8) is 0 Å². The highest BCUT2D eigenvalue weighted by Crippen LogP contribution is 2.23. The van der Waals surface area contributed by atoms with E-state index in [9.17, 15) is 4.79 Å². The molecule has 1 aliphatic rings. The zero-order valence-corrected chi connectivity index (χ0v) is 12.2. The van der Waals surface area contributed by atoms with Gasteiger partial charge in [-0.15, -0.1) is 0 Å². The minimum atomic E-state index is -0.00248. The highest BCUT2D eigenvalue weighted by Gasteiger charge is 2.20. The Morgan fingerprint density at radius 1 is 1.25 bits per heavy atom. The van der Waals surface area contributed by atoms with E-state index in [4.69, 9.17) is 22.1 Å². The van der Waals surface area contributed by atoms with Gasteiger partial charge in [-0.3, -0.25) is 9.69 Å². The Labute approximate surface area is 124 Å². The fraction of sp³-hybridized carbons (Fsp3) is 0.500. The Balaban J connectivity index is 1.77. The van der Waals surface area contributed by atoms with Gasteiger partial charge in [0.25, 0.3) is 5.91 Å². The summed E-state index contributed by atoms with van der Waals surface area (Å²) in [5, 5.41) is 0.521. The van der Waals surface area contributed by atoms with E-state index in [0.29, 0.717) is 17.3 Å². The van der Waals surface area contributed by atoms with Gasteiger partial charge in [-0.05, 0) is 12.1 Å². The van der Waals surface area contributed by atoms with Crippen LogP contribution in [0.15, 0.2) is 24.3 Å². The number of carbonyl (C=O) groups excluding carboxylic acids is 1. The summed E-state index contributed by atoms with van der Waals surface area (Å²) < 4.78 is 5.47. The van der Waals surface area contributed by atoms with Crippen LogP contribution in [0.2, 0.25) is 5.02 Å². The second-order valence-electron chi connectivity index (χ2n) is 4.73. The van der Waals surface area contributed by atoms with Crippen molar-refractivity contribution >= 4 is 17.5 Å². The van der Waals surface area contributed by atoms with Gasteiger partial charge in [-0.2, -0.15) is 0 Å². The van der Waals surface area contributed by atoms with E-state index in [0.717, 1.165) is 32.7 Å². The van der Waals surface area contributed by atoms with Crippen molar-refractivity contribution in [2.24, 2.45) is 5.73 Å². The molecule has 1 fully saturated rings. The predicted molar refractivity (Wildman–Crippen MR) is 79.0 cm³/mol. The average Bonchev–Trinajstić information content (AvgIpc) is 2.47. The van der Waals surface area contributed by atoms with Crippen molar-refractivity contribution < 1.29 is 9.53 Å². The number of nitrogens with two attached hydrogens (primary N) is 1. The molecule has 0 radical (unpaired) electrons. The lowest BCUT2D eigenvalue weighted by Gasteiger charge is -2.34. The highest BCUT2D eigenvalue weighted by molar-refractivity contribution is 6.32. The van der Waals surface area contributed by atoms with Gasteiger partial charge in [0.1, 0.15) is 5.75 Å². The summed E-state index contributed by atoms with van der Waals surface area (Å²) in [6.45, 7) is 4.77. The number of hydrogen-bond acceptors (Lipinski definition) is 4. The second kappa shape index (κ2) is 7.47.